The van der Waals surface area contributed by atoms with Crippen LogP contribution in [0.1, 0.15) is 10.6 Å². The van der Waals surface area contributed by atoms with E-state index in [1.807, 2.05) is 29.3 Å². The predicted octanol–water partition coefficient (Wildman–Crippen LogP) is 2.79. The summed E-state index contributed by atoms with van der Waals surface area (Å²) >= 11 is 0. The number of fused-ring (bicyclic) bond motifs is 1. The second-order valence-electron chi connectivity index (χ2n) is 5.61. The van der Waals surface area contributed by atoms with Crippen LogP contribution in [0.25, 0.3) is 10.8 Å². The van der Waals surface area contributed by atoms with E-state index in [1.54, 1.807) is 12.1 Å². The van der Waals surface area contributed by atoms with Crippen LogP contribution in [-0.4, -0.2) is 42.0 Å². The molecule has 0 radical (unpaired) electrons. The maximum Gasteiger partial charge on any atom is 0.289 e. The summed E-state index contributed by atoms with van der Waals surface area (Å²) in [5, 5.41) is 2.34. The van der Waals surface area contributed by atoms with Crippen LogP contribution < -0.4 is 4.90 Å². The molecule has 5 heteroatoms. The molecule has 0 spiro atoms. The molecule has 5 nitrogen and oxygen atoms in total. The van der Waals surface area contributed by atoms with E-state index >= 15 is 0 Å². The summed E-state index contributed by atoms with van der Waals surface area (Å²) in [7, 11) is 0. The van der Waals surface area contributed by atoms with Crippen LogP contribution in [0.4, 0.5) is 5.82 Å². The molecule has 0 saturated carbocycles. The van der Waals surface area contributed by atoms with Crippen molar-refractivity contribution < 1.29 is 9.21 Å². The molecule has 1 aliphatic heterocycles. The third kappa shape index (κ3) is 2.54. The fraction of sp³-hybridized carbons (Fsp3) is 0.222. The van der Waals surface area contributed by atoms with Gasteiger partial charge in [0.15, 0.2) is 5.76 Å². The number of hydrogen-bond donors (Lipinski definition) is 0. The number of aromatic nitrogens is 1. The molecule has 3 aromatic rings. The van der Waals surface area contributed by atoms with Crippen molar-refractivity contribution in [2.75, 3.05) is 31.1 Å². The minimum absolute atomic E-state index is 0.0412. The molecule has 0 unspecified atom stereocenters. The smallest absolute Gasteiger partial charge is 0.289 e. The van der Waals surface area contributed by atoms with Gasteiger partial charge >= 0.3 is 0 Å². The first-order chi connectivity index (χ1) is 11.3. The highest BCUT2D eigenvalue weighted by Gasteiger charge is 2.24. The van der Waals surface area contributed by atoms with E-state index in [-0.39, 0.29) is 5.91 Å². The molecule has 1 fully saturated rings. The SMILES string of the molecule is O=C(c1ccco1)N1CCN(c2nccc3ccccc23)CC1. The molecule has 1 aromatic carbocycles. The van der Waals surface area contributed by atoms with Crippen molar-refractivity contribution >= 4 is 22.5 Å². The van der Waals surface area contributed by atoms with E-state index in [0.29, 0.717) is 18.8 Å². The Labute approximate surface area is 134 Å². The Hall–Kier alpha value is -2.82. The Bertz CT molecular complexity index is 816. The van der Waals surface area contributed by atoms with Gasteiger partial charge < -0.3 is 14.2 Å². The van der Waals surface area contributed by atoms with Crippen LogP contribution in [0.2, 0.25) is 0 Å². The second kappa shape index (κ2) is 5.76. The van der Waals surface area contributed by atoms with Gasteiger partial charge in [0.2, 0.25) is 0 Å². The molecule has 1 amide bonds. The lowest BCUT2D eigenvalue weighted by Crippen LogP contribution is -2.49. The number of furan rings is 1. The number of piperazine rings is 1. The number of pyridine rings is 1. The fourth-order valence-electron chi connectivity index (χ4n) is 3.03. The lowest BCUT2D eigenvalue weighted by molar-refractivity contribution is 0.0714. The van der Waals surface area contributed by atoms with Crippen molar-refractivity contribution in [3.05, 3.63) is 60.7 Å². The molecule has 1 saturated heterocycles. The van der Waals surface area contributed by atoms with E-state index in [1.165, 1.54) is 11.6 Å². The van der Waals surface area contributed by atoms with E-state index < -0.39 is 0 Å². The van der Waals surface area contributed by atoms with Gasteiger partial charge in [0.25, 0.3) is 5.91 Å². The Morgan fingerprint density at radius 3 is 2.61 bits per heavy atom. The summed E-state index contributed by atoms with van der Waals surface area (Å²) < 4.78 is 5.20. The number of carbonyl (C=O) groups excluding carboxylic acids is 1. The number of hydrogen-bond acceptors (Lipinski definition) is 4. The monoisotopic (exact) mass is 307 g/mol. The van der Waals surface area contributed by atoms with Gasteiger partial charge in [-0.05, 0) is 23.6 Å². The zero-order valence-corrected chi connectivity index (χ0v) is 12.7. The first-order valence-electron chi connectivity index (χ1n) is 7.74. The van der Waals surface area contributed by atoms with Gasteiger partial charge in [-0.1, -0.05) is 24.3 Å². The van der Waals surface area contributed by atoms with Gasteiger partial charge in [-0.15, -0.1) is 0 Å². The lowest BCUT2D eigenvalue weighted by atomic mass is 10.1. The lowest BCUT2D eigenvalue weighted by Gasteiger charge is -2.35. The molecule has 0 aliphatic carbocycles. The zero-order chi connectivity index (χ0) is 15.6. The van der Waals surface area contributed by atoms with Crippen LogP contribution >= 0.6 is 0 Å². The molecule has 2 aromatic heterocycles. The molecule has 23 heavy (non-hydrogen) atoms. The highest BCUT2D eigenvalue weighted by molar-refractivity contribution is 5.93. The minimum Gasteiger partial charge on any atom is -0.459 e. The molecule has 0 atom stereocenters. The summed E-state index contributed by atoms with van der Waals surface area (Å²) in [6.07, 6.45) is 3.38. The van der Waals surface area contributed by atoms with Crippen molar-refractivity contribution in [2.24, 2.45) is 0 Å². The van der Waals surface area contributed by atoms with Crippen molar-refractivity contribution in [2.45, 2.75) is 0 Å². The van der Waals surface area contributed by atoms with Gasteiger partial charge in [0.05, 0.1) is 6.26 Å². The van der Waals surface area contributed by atoms with Crippen molar-refractivity contribution in [1.82, 2.24) is 9.88 Å². The Balaban J connectivity index is 1.52. The van der Waals surface area contributed by atoms with E-state index in [9.17, 15) is 4.79 Å². The Morgan fingerprint density at radius 2 is 1.83 bits per heavy atom. The summed E-state index contributed by atoms with van der Waals surface area (Å²) in [5.74, 6) is 1.36. The molecular weight excluding hydrogens is 290 g/mol. The largest absolute Gasteiger partial charge is 0.459 e. The molecule has 0 N–H and O–H groups in total. The summed E-state index contributed by atoms with van der Waals surface area (Å²) in [4.78, 5) is 20.9. The number of carbonyl (C=O) groups is 1. The molecule has 0 bridgehead atoms. The highest BCUT2D eigenvalue weighted by atomic mass is 16.3. The number of benzene rings is 1. The van der Waals surface area contributed by atoms with Gasteiger partial charge in [-0.25, -0.2) is 4.98 Å². The van der Waals surface area contributed by atoms with Crippen LogP contribution in [0, 0.1) is 0 Å². The maximum atomic E-state index is 12.3. The quantitative estimate of drug-likeness (QED) is 0.730. The number of anilines is 1. The average molecular weight is 307 g/mol. The molecule has 3 heterocycles. The molecule has 4 rings (SSSR count). The maximum absolute atomic E-state index is 12.3. The summed E-state index contributed by atoms with van der Waals surface area (Å²) in [5.41, 5.74) is 0. The first kappa shape index (κ1) is 13.8. The average Bonchev–Trinajstić information content (AvgIpc) is 3.15. The van der Waals surface area contributed by atoms with Crippen molar-refractivity contribution in [3.63, 3.8) is 0 Å². The topological polar surface area (TPSA) is 49.6 Å². The zero-order valence-electron chi connectivity index (χ0n) is 12.7. The third-order valence-corrected chi connectivity index (χ3v) is 4.25. The molecule has 1 aliphatic rings. The van der Waals surface area contributed by atoms with E-state index in [4.69, 9.17) is 4.42 Å². The van der Waals surface area contributed by atoms with Crippen LogP contribution in [-0.2, 0) is 0 Å². The number of rotatable bonds is 2. The van der Waals surface area contributed by atoms with Gasteiger partial charge in [-0.3, -0.25) is 4.79 Å². The first-order valence-corrected chi connectivity index (χ1v) is 7.74. The van der Waals surface area contributed by atoms with Crippen LogP contribution in [0.3, 0.4) is 0 Å². The summed E-state index contributed by atoms with van der Waals surface area (Å²) in [6, 6.07) is 13.7. The Kier molecular flexibility index (Phi) is 3.46. The highest BCUT2D eigenvalue weighted by Crippen LogP contribution is 2.25. The Morgan fingerprint density at radius 1 is 1.00 bits per heavy atom. The van der Waals surface area contributed by atoms with E-state index in [2.05, 4.69) is 22.0 Å². The van der Waals surface area contributed by atoms with Crippen LogP contribution in [0.5, 0.6) is 0 Å². The third-order valence-electron chi connectivity index (χ3n) is 4.25. The predicted molar refractivity (Wildman–Crippen MR) is 88.6 cm³/mol. The fourth-order valence-corrected chi connectivity index (χ4v) is 3.03. The van der Waals surface area contributed by atoms with E-state index in [0.717, 1.165) is 24.3 Å². The minimum atomic E-state index is -0.0412. The standard InChI is InChI=1S/C18H17N3O2/c22-18(16-6-3-13-23-16)21-11-9-20(10-12-21)17-15-5-2-1-4-14(15)7-8-19-17/h1-8,13H,9-12H2. The van der Waals surface area contributed by atoms with Crippen LogP contribution in [0.15, 0.2) is 59.3 Å². The number of nitrogens with zero attached hydrogens (tertiary/aromatic N) is 3. The summed E-state index contributed by atoms with van der Waals surface area (Å²) in [6.45, 7) is 2.88. The number of amides is 1. The van der Waals surface area contributed by atoms with Gasteiger partial charge in [-0.2, -0.15) is 0 Å². The van der Waals surface area contributed by atoms with Gasteiger partial charge in [0.1, 0.15) is 5.82 Å². The molecular formula is C18H17N3O2. The molecule has 116 valence electrons. The van der Waals surface area contributed by atoms with Crippen molar-refractivity contribution in [1.29, 1.82) is 0 Å². The second-order valence-corrected chi connectivity index (χ2v) is 5.61. The van der Waals surface area contributed by atoms with Crippen molar-refractivity contribution in [3.8, 4) is 0 Å². The van der Waals surface area contributed by atoms with Gasteiger partial charge in [0, 0.05) is 37.8 Å². The normalized spacial score (nSPS) is 15.1.